The Bertz CT molecular complexity index is 422. The molecular formula is C16H28N2O3. The Morgan fingerprint density at radius 1 is 0.905 bits per heavy atom. The zero-order chi connectivity index (χ0) is 15.7. The molecule has 0 amide bonds. The monoisotopic (exact) mass is 296 g/mol. The molecule has 0 bridgehead atoms. The van der Waals surface area contributed by atoms with Crippen LogP contribution in [0.4, 0.5) is 0 Å². The Kier molecular flexibility index (Phi) is 7.93. The second-order valence-corrected chi connectivity index (χ2v) is 5.27. The molecule has 0 heterocycles. The van der Waals surface area contributed by atoms with Crippen molar-refractivity contribution in [3.05, 3.63) is 17.7 Å². The van der Waals surface area contributed by atoms with Crippen LogP contribution in [0.5, 0.6) is 17.2 Å². The molecule has 0 spiro atoms. The quantitative estimate of drug-likeness (QED) is 0.647. The van der Waals surface area contributed by atoms with Gasteiger partial charge in [-0.05, 0) is 18.5 Å². The van der Waals surface area contributed by atoms with Crippen LogP contribution in [0.15, 0.2) is 12.1 Å². The molecule has 0 saturated heterocycles. The normalized spacial score (nSPS) is 10.8. The van der Waals surface area contributed by atoms with Crippen molar-refractivity contribution in [2.45, 2.75) is 20.4 Å². The average Bonchev–Trinajstić information content (AvgIpc) is 2.49. The van der Waals surface area contributed by atoms with Crippen molar-refractivity contribution in [3.8, 4) is 17.2 Å². The molecule has 120 valence electrons. The fraction of sp³-hybridized carbons (Fsp3) is 0.625. The van der Waals surface area contributed by atoms with Crippen molar-refractivity contribution in [2.75, 3.05) is 41.0 Å². The summed E-state index contributed by atoms with van der Waals surface area (Å²) in [6.45, 7) is 8.04. The Morgan fingerprint density at radius 2 is 1.57 bits per heavy atom. The topological polar surface area (TPSA) is 51.8 Å². The van der Waals surface area contributed by atoms with Gasteiger partial charge in [0.25, 0.3) is 0 Å². The molecule has 0 radical (unpaired) electrons. The van der Waals surface area contributed by atoms with Crippen LogP contribution in [0.3, 0.4) is 0 Å². The molecule has 0 aromatic heterocycles. The van der Waals surface area contributed by atoms with E-state index >= 15 is 0 Å². The largest absolute Gasteiger partial charge is 0.493 e. The van der Waals surface area contributed by atoms with Crippen LogP contribution in [0, 0.1) is 5.92 Å². The summed E-state index contributed by atoms with van der Waals surface area (Å²) in [6.07, 6.45) is 0. The third-order valence-corrected chi connectivity index (χ3v) is 3.13. The van der Waals surface area contributed by atoms with E-state index in [0.717, 1.165) is 37.5 Å². The molecule has 0 aliphatic carbocycles. The van der Waals surface area contributed by atoms with Crippen LogP contribution < -0.4 is 24.8 Å². The van der Waals surface area contributed by atoms with Crippen molar-refractivity contribution in [3.63, 3.8) is 0 Å². The first kappa shape index (κ1) is 17.6. The lowest BCUT2D eigenvalue weighted by Crippen LogP contribution is -2.29. The first-order chi connectivity index (χ1) is 10.1. The Balaban J connectivity index is 2.55. The number of methoxy groups -OCH3 is 3. The zero-order valence-electron chi connectivity index (χ0n) is 13.8. The lowest BCUT2D eigenvalue weighted by atomic mass is 10.1. The Labute approximate surface area is 128 Å². The minimum absolute atomic E-state index is 0.636. The molecule has 21 heavy (non-hydrogen) atoms. The second-order valence-electron chi connectivity index (χ2n) is 5.27. The fourth-order valence-corrected chi connectivity index (χ4v) is 2.09. The molecule has 0 atom stereocenters. The van der Waals surface area contributed by atoms with Crippen LogP contribution in [0.1, 0.15) is 19.4 Å². The van der Waals surface area contributed by atoms with Crippen molar-refractivity contribution in [1.82, 2.24) is 10.6 Å². The van der Waals surface area contributed by atoms with Gasteiger partial charge in [0.1, 0.15) is 0 Å². The number of hydrogen-bond donors (Lipinski definition) is 2. The van der Waals surface area contributed by atoms with E-state index in [1.54, 1.807) is 21.3 Å². The molecule has 1 aromatic carbocycles. The molecule has 0 fully saturated rings. The number of ether oxygens (including phenoxy) is 3. The molecule has 0 aliphatic rings. The van der Waals surface area contributed by atoms with Crippen molar-refractivity contribution < 1.29 is 14.2 Å². The van der Waals surface area contributed by atoms with E-state index < -0.39 is 0 Å². The number of nitrogens with one attached hydrogen (secondary N) is 2. The fourth-order valence-electron chi connectivity index (χ4n) is 2.09. The van der Waals surface area contributed by atoms with Crippen LogP contribution in [-0.2, 0) is 6.54 Å². The zero-order valence-corrected chi connectivity index (χ0v) is 13.8. The van der Waals surface area contributed by atoms with Gasteiger partial charge in [0.15, 0.2) is 11.5 Å². The lowest BCUT2D eigenvalue weighted by molar-refractivity contribution is 0.321. The van der Waals surface area contributed by atoms with Gasteiger partial charge in [-0.1, -0.05) is 19.9 Å². The first-order valence-corrected chi connectivity index (χ1v) is 7.33. The van der Waals surface area contributed by atoms with Crippen LogP contribution >= 0.6 is 0 Å². The van der Waals surface area contributed by atoms with Crippen molar-refractivity contribution in [1.29, 1.82) is 0 Å². The summed E-state index contributed by atoms with van der Waals surface area (Å²) >= 11 is 0. The summed E-state index contributed by atoms with van der Waals surface area (Å²) in [5, 5.41) is 6.80. The molecule has 1 aromatic rings. The molecule has 0 aliphatic heterocycles. The third-order valence-electron chi connectivity index (χ3n) is 3.13. The van der Waals surface area contributed by atoms with Gasteiger partial charge in [-0.2, -0.15) is 0 Å². The standard InChI is InChI=1S/C16H28N2O3/c1-12(2)10-17-8-9-18-11-13-6-7-14(19-3)16(21-5)15(13)20-4/h6-7,12,17-18H,8-11H2,1-5H3. The van der Waals surface area contributed by atoms with Gasteiger partial charge in [0.2, 0.25) is 5.75 Å². The van der Waals surface area contributed by atoms with Gasteiger partial charge >= 0.3 is 0 Å². The van der Waals surface area contributed by atoms with Crippen LogP contribution in [-0.4, -0.2) is 41.0 Å². The maximum atomic E-state index is 5.46. The summed E-state index contributed by atoms with van der Waals surface area (Å²) in [7, 11) is 4.88. The predicted octanol–water partition coefficient (Wildman–Crippen LogP) is 2.05. The molecule has 0 saturated carbocycles. The Morgan fingerprint density at radius 3 is 2.14 bits per heavy atom. The molecule has 2 N–H and O–H groups in total. The Hall–Kier alpha value is -1.46. The van der Waals surface area contributed by atoms with Crippen molar-refractivity contribution >= 4 is 0 Å². The maximum absolute atomic E-state index is 5.46. The maximum Gasteiger partial charge on any atom is 0.203 e. The van der Waals surface area contributed by atoms with Gasteiger partial charge in [0.05, 0.1) is 21.3 Å². The molecule has 5 heteroatoms. The van der Waals surface area contributed by atoms with Gasteiger partial charge in [-0.25, -0.2) is 0 Å². The van der Waals surface area contributed by atoms with Gasteiger partial charge < -0.3 is 24.8 Å². The highest BCUT2D eigenvalue weighted by molar-refractivity contribution is 5.55. The minimum Gasteiger partial charge on any atom is -0.493 e. The number of benzene rings is 1. The third kappa shape index (κ3) is 5.44. The van der Waals surface area contributed by atoms with E-state index in [1.165, 1.54) is 0 Å². The van der Waals surface area contributed by atoms with Gasteiger partial charge in [-0.15, -0.1) is 0 Å². The predicted molar refractivity (Wildman–Crippen MR) is 85.5 cm³/mol. The highest BCUT2D eigenvalue weighted by Crippen LogP contribution is 2.39. The van der Waals surface area contributed by atoms with E-state index in [0.29, 0.717) is 17.4 Å². The lowest BCUT2D eigenvalue weighted by Gasteiger charge is -2.16. The number of rotatable bonds is 10. The van der Waals surface area contributed by atoms with E-state index in [4.69, 9.17) is 14.2 Å². The van der Waals surface area contributed by atoms with Crippen molar-refractivity contribution in [2.24, 2.45) is 5.92 Å². The molecular weight excluding hydrogens is 268 g/mol. The van der Waals surface area contributed by atoms with Crippen LogP contribution in [0.2, 0.25) is 0 Å². The highest BCUT2D eigenvalue weighted by atomic mass is 16.5. The summed E-state index contributed by atoms with van der Waals surface area (Å²) in [5.41, 5.74) is 1.05. The van der Waals surface area contributed by atoms with E-state index in [-0.39, 0.29) is 0 Å². The first-order valence-electron chi connectivity index (χ1n) is 7.33. The second kappa shape index (κ2) is 9.47. The van der Waals surface area contributed by atoms with E-state index in [9.17, 15) is 0 Å². The SMILES string of the molecule is COc1ccc(CNCCNCC(C)C)c(OC)c1OC. The van der Waals surface area contributed by atoms with E-state index in [2.05, 4.69) is 24.5 Å². The minimum atomic E-state index is 0.636. The van der Waals surface area contributed by atoms with Gasteiger partial charge in [-0.3, -0.25) is 0 Å². The molecule has 0 unspecified atom stereocenters. The average molecular weight is 296 g/mol. The number of hydrogen-bond acceptors (Lipinski definition) is 5. The smallest absolute Gasteiger partial charge is 0.203 e. The molecule has 1 rings (SSSR count). The molecule has 5 nitrogen and oxygen atoms in total. The summed E-state index contributed by atoms with van der Waals surface area (Å²) in [6, 6.07) is 3.89. The van der Waals surface area contributed by atoms with Crippen LogP contribution in [0.25, 0.3) is 0 Å². The van der Waals surface area contributed by atoms with E-state index in [1.807, 2.05) is 12.1 Å². The summed E-state index contributed by atoms with van der Waals surface area (Å²) in [4.78, 5) is 0. The summed E-state index contributed by atoms with van der Waals surface area (Å²) < 4.78 is 16.1. The highest BCUT2D eigenvalue weighted by Gasteiger charge is 2.15. The summed E-state index contributed by atoms with van der Waals surface area (Å²) in [5.74, 6) is 2.71. The van der Waals surface area contributed by atoms with Gasteiger partial charge in [0, 0.05) is 25.2 Å².